The Morgan fingerprint density at radius 1 is 1.23 bits per heavy atom. The maximum atomic E-state index is 13.4. The molecule has 0 aliphatic carbocycles. The van der Waals surface area contributed by atoms with Crippen LogP contribution in [0.4, 0.5) is 4.39 Å². The number of carbonyl (C=O) groups excluding carboxylic acids is 1. The van der Waals surface area contributed by atoms with E-state index in [-0.39, 0.29) is 30.0 Å². The van der Waals surface area contributed by atoms with Crippen molar-refractivity contribution in [3.05, 3.63) is 58.0 Å². The van der Waals surface area contributed by atoms with Crippen LogP contribution in [0.3, 0.4) is 0 Å². The molecule has 2 aliphatic rings. The lowest BCUT2D eigenvalue weighted by Crippen LogP contribution is -2.51. The number of rotatable bonds is 7. The minimum atomic E-state index is -0.272. The molecular weight excluding hydrogens is 413 g/mol. The van der Waals surface area contributed by atoms with Crippen molar-refractivity contribution < 1.29 is 13.9 Å². The van der Waals surface area contributed by atoms with Crippen LogP contribution < -0.4 is 5.32 Å². The molecule has 2 aliphatic heterocycles. The molecular formula is C24H32FN3O2S. The molecule has 168 valence electrons. The van der Waals surface area contributed by atoms with Crippen LogP contribution in [0.15, 0.2) is 41.8 Å². The predicted octanol–water partition coefficient (Wildman–Crippen LogP) is 3.67. The summed E-state index contributed by atoms with van der Waals surface area (Å²) in [5, 5.41) is 5.19. The molecule has 0 saturated carbocycles. The van der Waals surface area contributed by atoms with Gasteiger partial charge in [-0.3, -0.25) is 14.6 Å². The normalized spacial score (nSPS) is 26.1. The van der Waals surface area contributed by atoms with Crippen molar-refractivity contribution in [3.63, 3.8) is 0 Å². The number of hydrogen-bond acceptors (Lipinski definition) is 5. The fourth-order valence-corrected chi connectivity index (χ4v) is 5.66. The number of thiophene rings is 1. The third-order valence-corrected chi connectivity index (χ3v) is 7.08. The van der Waals surface area contributed by atoms with Crippen LogP contribution in [0.5, 0.6) is 0 Å². The lowest BCUT2D eigenvalue weighted by Gasteiger charge is -2.38. The second-order valence-corrected chi connectivity index (χ2v) is 9.79. The first-order valence-electron chi connectivity index (χ1n) is 11.2. The van der Waals surface area contributed by atoms with Crippen molar-refractivity contribution in [2.24, 2.45) is 0 Å². The van der Waals surface area contributed by atoms with E-state index in [0.717, 1.165) is 49.5 Å². The van der Waals surface area contributed by atoms with E-state index in [2.05, 4.69) is 29.0 Å². The molecule has 0 bridgehead atoms. The van der Waals surface area contributed by atoms with Crippen LogP contribution in [-0.2, 0) is 9.53 Å². The summed E-state index contributed by atoms with van der Waals surface area (Å²) in [6.07, 6.45) is 2.76. The number of benzene rings is 1. The fourth-order valence-electron chi connectivity index (χ4n) is 4.86. The second-order valence-electron chi connectivity index (χ2n) is 8.81. The highest BCUT2D eigenvalue weighted by molar-refractivity contribution is 7.10. The van der Waals surface area contributed by atoms with Crippen molar-refractivity contribution in [1.29, 1.82) is 0 Å². The van der Waals surface area contributed by atoms with E-state index in [1.807, 2.05) is 17.5 Å². The standard InChI is InChI=1S/C24H32FN3O2S/c1-17-13-27(14-18(2)30-17)15-21-5-3-11-28(21)16-23(29)26-24(22-6-4-12-31-22)19-7-9-20(25)10-8-19/h4,6-10,12,17-18,21,24H,3,5,11,13-16H2,1-2H3,(H,26,29). The van der Waals surface area contributed by atoms with E-state index in [1.54, 1.807) is 23.5 Å². The van der Waals surface area contributed by atoms with E-state index in [0.29, 0.717) is 12.6 Å². The van der Waals surface area contributed by atoms with Crippen molar-refractivity contribution in [1.82, 2.24) is 15.1 Å². The van der Waals surface area contributed by atoms with E-state index in [1.165, 1.54) is 12.1 Å². The molecule has 5 nitrogen and oxygen atoms in total. The Bertz CT molecular complexity index is 835. The Hall–Kier alpha value is -1.80. The van der Waals surface area contributed by atoms with Gasteiger partial charge in [0.25, 0.3) is 0 Å². The van der Waals surface area contributed by atoms with Crippen molar-refractivity contribution in [2.45, 2.75) is 51.0 Å². The molecule has 4 rings (SSSR count). The topological polar surface area (TPSA) is 44.8 Å². The van der Waals surface area contributed by atoms with E-state index in [9.17, 15) is 9.18 Å². The fraction of sp³-hybridized carbons (Fsp3) is 0.542. The maximum Gasteiger partial charge on any atom is 0.234 e. The number of carbonyl (C=O) groups is 1. The van der Waals surface area contributed by atoms with Crippen LogP contribution >= 0.6 is 11.3 Å². The van der Waals surface area contributed by atoms with Crippen molar-refractivity contribution >= 4 is 17.2 Å². The van der Waals surface area contributed by atoms with Crippen LogP contribution in [0.25, 0.3) is 0 Å². The smallest absolute Gasteiger partial charge is 0.234 e. The Morgan fingerprint density at radius 3 is 2.65 bits per heavy atom. The summed E-state index contributed by atoms with van der Waals surface area (Å²) in [6.45, 7) is 8.48. The van der Waals surface area contributed by atoms with Gasteiger partial charge in [-0.1, -0.05) is 18.2 Å². The summed E-state index contributed by atoms with van der Waals surface area (Å²) in [7, 11) is 0. The number of nitrogens with zero attached hydrogens (tertiary/aromatic N) is 2. The number of nitrogens with one attached hydrogen (secondary N) is 1. The third-order valence-electron chi connectivity index (χ3n) is 6.15. The zero-order valence-corrected chi connectivity index (χ0v) is 19.1. The Morgan fingerprint density at radius 2 is 1.97 bits per heavy atom. The minimum Gasteiger partial charge on any atom is -0.373 e. The highest BCUT2D eigenvalue weighted by Crippen LogP contribution is 2.27. The van der Waals surface area contributed by atoms with Gasteiger partial charge in [-0.15, -0.1) is 11.3 Å². The monoisotopic (exact) mass is 445 g/mol. The molecule has 3 heterocycles. The molecule has 4 atom stereocenters. The lowest BCUT2D eigenvalue weighted by atomic mass is 10.1. The number of halogens is 1. The van der Waals surface area contributed by atoms with Gasteiger partial charge in [0.1, 0.15) is 5.82 Å². The molecule has 4 unspecified atom stereocenters. The largest absolute Gasteiger partial charge is 0.373 e. The molecule has 0 radical (unpaired) electrons. The molecule has 2 aromatic rings. The molecule has 1 aromatic carbocycles. The van der Waals surface area contributed by atoms with Gasteiger partial charge < -0.3 is 10.1 Å². The first kappa shape index (κ1) is 22.4. The molecule has 2 fully saturated rings. The molecule has 0 spiro atoms. The van der Waals surface area contributed by atoms with Gasteiger partial charge >= 0.3 is 0 Å². The van der Waals surface area contributed by atoms with Gasteiger partial charge in [-0.05, 0) is 62.4 Å². The second kappa shape index (κ2) is 10.2. The quantitative estimate of drug-likeness (QED) is 0.706. The molecule has 31 heavy (non-hydrogen) atoms. The highest BCUT2D eigenvalue weighted by Gasteiger charge is 2.31. The summed E-state index contributed by atoms with van der Waals surface area (Å²) >= 11 is 1.60. The van der Waals surface area contributed by atoms with Crippen LogP contribution in [0, 0.1) is 5.82 Å². The van der Waals surface area contributed by atoms with Gasteiger partial charge in [0, 0.05) is 30.6 Å². The number of hydrogen-bond donors (Lipinski definition) is 1. The first-order valence-corrected chi connectivity index (χ1v) is 12.1. The van der Waals surface area contributed by atoms with Crippen LogP contribution in [0.2, 0.25) is 0 Å². The SMILES string of the molecule is CC1CN(CC2CCCN2CC(=O)NC(c2ccc(F)cc2)c2cccs2)CC(C)O1. The van der Waals surface area contributed by atoms with Crippen LogP contribution in [-0.4, -0.2) is 66.7 Å². The summed E-state index contributed by atoms with van der Waals surface area (Å²) in [4.78, 5) is 18.9. The van der Waals surface area contributed by atoms with Gasteiger partial charge in [0.15, 0.2) is 0 Å². The Kier molecular flexibility index (Phi) is 7.38. The van der Waals surface area contributed by atoms with Gasteiger partial charge in [-0.25, -0.2) is 4.39 Å². The molecule has 1 amide bonds. The molecule has 2 saturated heterocycles. The minimum absolute atomic E-state index is 0.0124. The summed E-state index contributed by atoms with van der Waals surface area (Å²) in [6, 6.07) is 10.5. The number of amides is 1. The zero-order valence-electron chi connectivity index (χ0n) is 18.3. The van der Waals surface area contributed by atoms with Crippen molar-refractivity contribution in [2.75, 3.05) is 32.7 Å². The van der Waals surface area contributed by atoms with Crippen LogP contribution in [0.1, 0.15) is 43.2 Å². The Labute approximate surface area is 188 Å². The highest BCUT2D eigenvalue weighted by atomic mass is 32.1. The molecule has 1 aromatic heterocycles. The zero-order chi connectivity index (χ0) is 21.8. The van der Waals surface area contributed by atoms with Gasteiger partial charge in [0.05, 0.1) is 24.8 Å². The number of ether oxygens (including phenoxy) is 1. The van der Waals surface area contributed by atoms with E-state index < -0.39 is 0 Å². The van der Waals surface area contributed by atoms with Gasteiger partial charge in [-0.2, -0.15) is 0 Å². The lowest BCUT2D eigenvalue weighted by molar-refractivity contribution is -0.123. The predicted molar refractivity (Wildman–Crippen MR) is 122 cm³/mol. The summed E-state index contributed by atoms with van der Waals surface area (Å²) < 4.78 is 19.3. The average molecular weight is 446 g/mol. The van der Waals surface area contributed by atoms with Crippen molar-refractivity contribution in [3.8, 4) is 0 Å². The average Bonchev–Trinajstić information content (AvgIpc) is 3.39. The van der Waals surface area contributed by atoms with E-state index in [4.69, 9.17) is 4.74 Å². The first-order chi connectivity index (χ1) is 15.0. The van der Waals surface area contributed by atoms with E-state index >= 15 is 0 Å². The number of likely N-dealkylation sites (tertiary alicyclic amines) is 1. The Balaban J connectivity index is 1.38. The number of morpholine rings is 1. The molecule has 7 heteroatoms. The maximum absolute atomic E-state index is 13.4. The summed E-state index contributed by atoms with van der Waals surface area (Å²) in [5.74, 6) is -0.259. The molecule has 1 N–H and O–H groups in total. The third kappa shape index (κ3) is 5.92. The summed E-state index contributed by atoms with van der Waals surface area (Å²) in [5.41, 5.74) is 0.895. The van der Waals surface area contributed by atoms with Gasteiger partial charge in [0.2, 0.25) is 5.91 Å².